The zero-order valence-electron chi connectivity index (χ0n) is 16.9. The van der Waals surface area contributed by atoms with Gasteiger partial charge in [0.1, 0.15) is 0 Å². The Labute approximate surface area is 172 Å². The van der Waals surface area contributed by atoms with E-state index in [1.165, 1.54) is 54.6 Å². The quantitative estimate of drug-likeness (QED) is 0.725. The molecular formula is C24H32N2OS. The van der Waals surface area contributed by atoms with Crippen molar-refractivity contribution in [2.45, 2.75) is 57.5 Å². The van der Waals surface area contributed by atoms with Crippen molar-refractivity contribution in [3.05, 3.63) is 70.8 Å². The zero-order chi connectivity index (χ0) is 19.3. The highest BCUT2D eigenvalue weighted by Gasteiger charge is 2.35. The Morgan fingerprint density at radius 1 is 1.11 bits per heavy atom. The molecule has 4 heteroatoms. The van der Waals surface area contributed by atoms with Crippen LogP contribution in [0.1, 0.15) is 54.4 Å². The highest BCUT2D eigenvalue weighted by molar-refractivity contribution is 7.82. The fraction of sp³-hybridized carbons (Fsp3) is 0.500. The normalized spacial score (nSPS) is 23.0. The van der Waals surface area contributed by atoms with Crippen molar-refractivity contribution in [1.29, 1.82) is 0 Å². The average molecular weight is 397 g/mol. The molecule has 1 aliphatic carbocycles. The monoisotopic (exact) mass is 396 g/mol. The van der Waals surface area contributed by atoms with Crippen LogP contribution in [0.3, 0.4) is 0 Å². The summed E-state index contributed by atoms with van der Waals surface area (Å²) in [5, 5.41) is 0. The Bertz CT molecular complexity index is 804. The van der Waals surface area contributed by atoms with E-state index in [0.717, 1.165) is 18.6 Å². The lowest BCUT2D eigenvalue weighted by Crippen LogP contribution is -2.49. The van der Waals surface area contributed by atoms with Crippen LogP contribution in [0.15, 0.2) is 48.5 Å². The second-order valence-corrected chi connectivity index (χ2v) is 9.58. The van der Waals surface area contributed by atoms with E-state index in [1.807, 2.05) is 0 Å². The molecule has 3 atom stereocenters. The molecule has 1 fully saturated rings. The summed E-state index contributed by atoms with van der Waals surface area (Å²) in [6.07, 6.45) is 5.84. The van der Waals surface area contributed by atoms with Crippen LogP contribution in [-0.4, -0.2) is 34.0 Å². The van der Waals surface area contributed by atoms with Crippen molar-refractivity contribution in [2.24, 2.45) is 0 Å². The number of hydrogen-bond acceptors (Lipinski definition) is 2. The molecule has 0 spiro atoms. The summed E-state index contributed by atoms with van der Waals surface area (Å²) in [6.45, 7) is 5.26. The van der Waals surface area contributed by atoms with Crippen molar-refractivity contribution >= 4 is 11.0 Å². The summed E-state index contributed by atoms with van der Waals surface area (Å²) >= 11 is 0. The molecule has 150 valence electrons. The lowest BCUT2D eigenvalue weighted by atomic mass is 9.74. The standard InChI is InChI=1S/C24H32N2OS/c1-2-15-28(27)25-18-20-9-10-21-11-12-24(26-13-6-14-26)23(22(21)17-20)16-19-7-4-3-5-8-19/h3-5,7-10,17,23-25H,2,6,11-16,18H2,1H3. The minimum atomic E-state index is -0.927. The summed E-state index contributed by atoms with van der Waals surface area (Å²) in [7, 11) is -0.927. The van der Waals surface area contributed by atoms with Gasteiger partial charge in [0.2, 0.25) is 0 Å². The molecule has 0 amide bonds. The van der Waals surface area contributed by atoms with Gasteiger partial charge in [0.25, 0.3) is 0 Å². The molecule has 1 N–H and O–H groups in total. The Kier molecular flexibility index (Phi) is 6.61. The number of benzene rings is 2. The van der Waals surface area contributed by atoms with Gasteiger partial charge in [0.05, 0.1) is 11.0 Å². The van der Waals surface area contributed by atoms with Crippen LogP contribution in [0.4, 0.5) is 0 Å². The first kappa shape index (κ1) is 19.8. The van der Waals surface area contributed by atoms with E-state index in [0.29, 0.717) is 18.5 Å². The molecule has 3 unspecified atom stereocenters. The second-order valence-electron chi connectivity index (χ2n) is 8.20. The minimum absolute atomic E-state index is 0.549. The third kappa shape index (κ3) is 4.56. The highest BCUT2D eigenvalue weighted by Crippen LogP contribution is 2.39. The largest absolute Gasteiger partial charge is 0.300 e. The second kappa shape index (κ2) is 9.34. The van der Waals surface area contributed by atoms with Crippen LogP contribution >= 0.6 is 0 Å². The molecule has 1 saturated heterocycles. The predicted octanol–water partition coefficient (Wildman–Crippen LogP) is 4.20. The van der Waals surface area contributed by atoms with Gasteiger partial charge in [-0.2, -0.15) is 0 Å². The van der Waals surface area contributed by atoms with E-state index in [9.17, 15) is 4.21 Å². The van der Waals surface area contributed by atoms with E-state index < -0.39 is 11.0 Å². The average Bonchev–Trinajstić information content (AvgIpc) is 2.68. The van der Waals surface area contributed by atoms with Crippen molar-refractivity contribution in [3.8, 4) is 0 Å². The van der Waals surface area contributed by atoms with Crippen LogP contribution < -0.4 is 4.72 Å². The summed E-state index contributed by atoms with van der Waals surface area (Å²) in [4.78, 5) is 2.69. The molecule has 3 nitrogen and oxygen atoms in total. The van der Waals surface area contributed by atoms with E-state index in [-0.39, 0.29) is 0 Å². The Morgan fingerprint density at radius 3 is 2.64 bits per heavy atom. The molecule has 2 aromatic rings. The van der Waals surface area contributed by atoms with E-state index in [4.69, 9.17) is 0 Å². The fourth-order valence-corrected chi connectivity index (χ4v) is 5.53. The number of likely N-dealkylation sites (tertiary alicyclic amines) is 1. The number of nitrogens with one attached hydrogen (secondary N) is 1. The molecule has 0 saturated carbocycles. The minimum Gasteiger partial charge on any atom is -0.300 e. The summed E-state index contributed by atoms with van der Waals surface area (Å²) in [5.74, 6) is 1.27. The van der Waals surface area contributed by atoms with Gasteiger partial charge in [-0.1, -0.05) is 55.5 Å². The Hall–Kier alpha value is -1.49. The van der Waals surface area contributed by atoms with Crippen molar-refractivity contribution in [3.63, 3.8) is 0 Å². The van der Waals surface area contributed by atoms with Gasteiger partial charge in [0, 0.05) is 24.3 Å². The lowest BCUT2D eigenvalue weighted by molar-refractivity contribution is 0.0877. The van der Waals surface area contributed by atoms with Crippen molar-refractivity contribution in [1.82, 2.24) is 9.62 Å². The van der Waals surface area contributed by atoms with Gasteiger partial charge in [-0.05, 0) is 67.4 Å². The van der Waals surface area contributed by atoms with Gasteiger partial charge >= 0.3 is 0 Å². The van der Waals surface area contributed by atoms with Gasteiger partial charge in [-0.3, -0.25) is 4.90 Å². The highest BCUT2D eigenvalue weighted by atomic mass is 32.2. The maximum absolute atomic E-state index is 12.0. The molecule has 2 aromatic carbocycles. The molecule has 4 rings (SSSR count). The molecule has 0 aromatic heterocycles. The van der Waals surface area contributed by atoms with Gasteiger partial charge in [-0.15, -0.1) is 0 Å². The molecule has 1 aliphatic heterocycles. The maximum atomic E-state index is 12.0. The molecular weight excluding hydrogens is 364 g/mol. The first-order chi connectivity index (χ1) is 13.7. The van der Waals surface area contributed by atoms with E-state index in [1.54, 1.807) is 0 Å². The third-order valence-corrected chi connectivity index (χ3v) is 7.51. The number of rotatable bonds is 8. The Balaban J connectivity index is 1.58. The van der Waals surface area contributed by atoms with Gasteiger partial charge in [-0.25, -0.2) is 8.93 Å². The number of aryl methyl sites for hydroxylation is 1. The van der Waals surface area contributed by atoms with Crippen LogP contribution in [0, 0.1) is 0 Å². The maximum Gasteiger partial charge on any atom is 0.0918 e. The third-order valence-electron chi connectivity index (χ3n) is 6.27. The zero-order valence-corrected chi connectivity index (χ0v) is 17.7. The fourth-order valence-electron chi connectivity index (χ4n) is 4.68. The first-order valence-corrected chi connectivity index (χ1v) is 12.1. The molecule has 28 heavy (non-hydrogen) atoms. The first-order valence-electron chi connectivity index (χ1n) is 10.8. The predicted molar refractivity (Wildman–Crippen MR) is 118 cm³/mol. The molecule has 2 aliphatic rings. The number of hydrogen-bond donors (Lipinski definition) is 1. The van der Waals surface area contributed by atoms with Gasteiger partial charge < -0.3 is 0 Å². The van der Waals surface area contributed by atoms with Crippen molar-refractivity contribution < 1.29 is 4.21 Å². The Morgan fingerprint density at radius 2 is 1.93 bits per heavy atom. The molecule has 1 heterocycles. The van der Waals surface area contributed by atoms with Crippen LogP contribution in [-0.2, 0) is 30.4 Å². The summed E-state index contributed by atoms with van der Waals surface area (Å²) in [5.41, 5.74) is 5.72. The van der Waals surface area contributed by atoms with Gasteiger partial charge in [0.15, 0.2) is 0 Å². The van der Waals surface area contributed by atoms with Crippen LogP contribution in [0.25, 0.3) is 0 Å². The topological polar surface area (TPSA) is 32.3 Å². The van der Waals surface area contributed by atoms with E-state index in [2.05, 4.69) is 65.1 Å². The smallest absolute Gasteiger partial charge is 0.0918 e. The molecule has 0 radical (unpaired) electrons. The van der Waals surface area contributed by atoms with Crippen LogP contribution in [0.2, 0.25) is 0 Å². The summed E-state index contributed by atoms with van der Waals surface area (Å²) in [6, 6.07) is 18.5. The lowest BCUT2D eigenvalue weighted by Gasteiger charge is -2.45. The SMILES string of the molecule is CCCS(=O)NCc1ccc2c(c1)C(Cc1ccccc1)C(N1CCC1)CC2. The number of fused-ring (bicyclic) bond motifs is 1. The molecule has 0 bridgehead atoms. The number of nitrogens with zero attached hydrogens (tertiary/aromatic N) is 1. The van der Waals surface area contributed by atoms with Crippen LogP contribution in [0.5, 0.6) is 0 Å². The van der Waals surface area contributed by atoms with Crippen molar-refractivity contribution in [2.75, 3.05) is 18.8 Å². The van der Waals surface area contributed by atoms with E-state index >= 15 is 0 Å². The summed E-state index contributed by atoms with van der Waals surface area (Å²) < 4.78 is 15.2.